The molecule has 27 heavy (non-hydrogen) atoms. The van der Waals surface area contributed by atoms with Gasteiger partial charge in [-0.3, -0.25) is 9.69 Å². The van der Waals surface area contributed by atoms with Gasteiger partial charge in [0.25, 0.3) is 0 Å². The second-order valence-electron chi connectivity index (χ2n) is 6.89. The van der Waals surface area contributed by atoms with Gasteiger partial charge in [0.05, 0.1) is 5.69 Å². The average Bonchev–Trinajstić information content (AvgIpc) is 2.69. The van der Waals surface area contributed by atoms with Gasteiger partial charge >= 0.3 is 0 Å². The number of carbonyl (C=O) groups is 1. The Labute approximate surface area is 163 Å². The summed E-state index contributed by atoms with van der Waals surface area (Å²) in [6.07, 6.45) is 9.24. The van der Waals surface area contributed by atoms with Crippen molar-refractivity contribution in [3.63, 3.8) is 0 Å². The Morgan fingerprint density at radius 3 is 2.85 bits per heavy atom. The summed E-state index contributed by atoms with van der Waals surface area (Å²) >= 11 is 1.54. The van der Waals surface area contributed by atoms with E-state index < -0.39 is 5.82 Å². The number of aromatic nitrogens is 2. The van der Waals surface area contributed by atoms with E-state index in [-0.39, 0.29) is 11.6 Å². The molecule has 1 saturated heterocycles. The van der Waals surface area contributed by atoms with E-state index in [4.69, 9.17) is 0 Å². The Bertz CT molecular complexity index is 756. The van der Waals surface area contributed by atoms with Crippen LogP contribution in [0.1, 0.15) is 31.2 Å². The minimum atomic E-state index is -0.399. The van der Waals surface area contributed by atoms with Crippen LogP contribution in [0.4, 0.5) is 10.1 Å². The number of benzene rings is 1. The third-order valence-electron chi connectivity index (χ3n) is 4.80. The molecule has 2 heterocycles. The predicted molar refractivity (Wildman–Crippen MR) is 106 cm³/mol. The SMILES string of the molecule is CSc1ncc(CN2CCC[C@H](CCC(=O)Nc3ccccc3F)C2)cn1. The zero-order chi connectivity index (χ0) is 19.1. The van der Waals surface area contributed by atoms with Crippen LogP contribution in [0.15, 0.2) is 41.8 Å². The van der Waals surface area contributed by atoms with Crippen molar-refractivity contribution in [1.29, 1.82) is 0 Å². The van der Waals surface area contributed by atoms with E-state index in [0.29, 0.717) is 12.3 Å². The summed E-state index contributed by atoms with van der Waals surface area (Å²) in [7, 11) is 0. The number of likely N-dealkylation sites (tertiary alicyclic amines) is 1. The zero-order valence-corrected chi connectivity index (χ0v) is 16.3. The molecule has 0 aliphatic carbocycles. The van der Waals surface area contributed by atoms with Gasteiger partial charge in [-0.05, 0) is 50.1 Å². The van der Waals surface area contributed by atoms with Gasteiger partial charge in [-0.1, -0.05) is 23.9 Å². The first kappa shape index (κ1) is 19.8. The highest BCUT2D eigenvalue weighted by atomic mass is 32.2. The lowest BCUT2D eigenvalue weighted by Crippen LogP contribution is -2.35. The van der Waals surface area contributed by atoms with Crippen LogP contribution in [0.2, 0.25) is 0 Å². The molecule has 144 valence electrons. The molecule has 7 heteroatoms. The smallest absolute Gasteiger partial charge is 0.224 e. The highest BCUT2D eigenvalue weighted by molar-refractivity contribution is 7.98. The Morgan fingerprint density at radius 2 is 2.11 bits per heavy atom. The first-order chi connectivity index (χ1) is 13.1. The monoisotopic (exact) mass is 388 g/mol. The molecule has 2 aromatic rings. The highest BCUT2D eigenvalue weighted by Gasteiger charge is 2.21. The van der Waals surface area contributed by atoms with E-state index in [9.17, 15) is 9.18 Å². The van der Waals surface area contributed by atoms with Gasteiger partial charge < -0.3 is 5.32 Å². The molecular weight excluding hydrogens is 363 g/mol. The molecule has 1 fully saturated rings. The zero-order valence-electron chi connectivity index (χ0n) is 15.5. The van der Waals surface area contributed by atoms with Gasteiger partial charge in [0, 0.05) is 37.5 Å². The highest BCUT2D eigenvalue weighted by Crippen LogP contribution is 2.23. The summed E-state index contributed by atoms with van der Waals surface area (Å²) in [5.41, 5.74) is 1.37. The van der Waals surface area contributed by atoms with Gasteiger partial charge in [0.2, 0.25) is 5.91 Å². The number of anilines is 1. The summed E-state index contributed by atoms with van der Waals surface area (Å²) in [6.45, 7) is 2.87. The molecular formula is C20H25FN4OS. The normalized spacial score (nSPS) is 17.6. The van der Waals surface area contributed by atoms with E-state index >= 15 is 0 Å². The average molecular weight is 389 g/mol. The summed E-state index contributed by atoms with van der Waals surface area (Å²) in [6, 6.07) is 6.26. The Kier molecular flexibility index (Phi) is 7.18. The summed E-state index contributed by atoms with van der Waals surface area (Å²) in [4.78, 5) is 23.2. The standard InChI is InChI=1S/C20H25FN4OS/c1-27-20-22-11-16(12-23-20)14-25-10-4-5-15(13-25)8-9-19(26)24-18-7-3-2-6-17(18)21/h2-3,6-7,11-12,15H,4-5,8-10,13-14H2,1H3,(H,24,26)/t15-/m1/s1. The number of thioether (sulfide) groups is 1. The quantitative estimate of drug-likeness (QED) is 0.575. The van der Waals surface area contributed by atoms with Crippen molar-refractivity contribution in [3.8, 4) is 0 Å². The van der Waals surface area contributed by atoms with Gasteiger partial charge in [0.15, 0.2) is 5.16 Å². The van der Waals surface area contributed by atoms with Gasteiger partial charge in [0.1, 0.15) is 5.82 Å². The molecule has 0 saturated carbocycles. The number of halogens is 1. The molecule has 0 unspecified atom stereocenters. The van der Waals surface area contributed by atoms with Crippen molar-refractivity contribution < 1.29 is 9.18 Å². The number of piperidine rings is 1. The lowest BCUT2D eigenvalue weighted by atomic mass is 9.93. The molecule has 3 rings (SSSR count). The minimum absolute atomic E-state index is 0.127. The van der Waals surface area contributed by atoms with Crippen LogP contribution in [0.25, 0.3) is 0 Å². The van der Waals surface area contributed by atoms with E-state index in [1.807, 2.05) is 18.6 Å². The third kappa shape index (κ3) is 6.01. The van der Waals surface area contributed by atoms with Crippen molar-refractivity contribution in [2.45, 2.75) is 37.4 Å². The van der Waals surface area contributed by atoms with Crippen molar-refractivity contribution >= 4 is 23.4 Å². The molecule has 1 aliphatic rings. The number of hydrogen-bond acceptors (Lipinski definition) is 5. The molecule has 1 aliphatic heterocycles. The summed E-state index contributed by atoms with van der Waals surface area (Å²) in [5.74, 6) is -0.0424. The molecule has 1 amide bonds. The molecule has 0 radical (unpaired) electrons. The Morgan fingerprint density at radius 1 is 1.33 bits per heavy atom. The van der Waals surface area contributed by atoms with Crippen molar-refractivity contribution in [2.24, 2.45) is 5.92 Å². The number of amides is 1. The number of nitrogens with zero attached hydrogens (tertiary/aromatic N) is 3. The lowest BCUT2D eigenvalue weighted by molar-refractivity contribution is -0.116. The van der Waals surface area contributed by atoms with Crippen LogP contribution in [0, 0.1) is 11.7 Å². The molecule has 0 spiro atoms. The van der Waals surface area contributed by atoms with Crippen LogP contribution in [-0.2, 0) is 11.3 Å². The van der Waals surface area contributed by atoms with Crippen molar-refractivity contribution in [2.75, 3.05) is 24.7 Å². The van der Waals surface area contributed by atoms with Crippen molar-refractivity contribution in [3.05, 3.63) is 48.0 Å². The van der Waals surface area contributed by atoms with E-state index in [0.717, 1.165) is 49.6 Å². The van der Waals surface area contributed by atoms with E-state index in [1.54, 1.807) is 18.2 Å². The van der Waals surface area contributed by atoms with Gasteiger partial charge in [-0.25, -0.2) is 14.4 Å². The maximum atomic E-state index is 13.6. The number of para-hydroxylation sites is 1. The largest absolute Gasteiger partial charge is 0.324 e. The molecule has 1 aromatic heterocycles. The van der Waals surface area contributed by atoms with E-state index in [2.05, 4.69) is 20.2 Å². The number of rotatable bonds is 7. The second kappa shape index (κ2) is 9.80. The molecule has 1 aromatic carbocycles. The maximum Gasteiger partial charge on any atom is 0.224 e. The Balaban J connectivity index is 1.45. The first-order valence-electron chi connectivity index (χ1n) is 9.25. The number of carbonyl (C=O) groups excluding carboxylic acids is 1. The topological polar surface area (TPSA) is 58.1 Å². The fraction of sp³-hybridized carbons (Fsp3) is 0.450. The number of hydrogen-bond donors (Lipinski definition) is 1. The summed E-state index contributed by atoms with van der Waals surface area (Å²) in [5, 5.41) is 3.45. The molecule has 0 bridgehead atoms. The third-order valence-corrected chi connectivity index (χ3v) is 5.38. The second-order valence-corrected chi connectivity index (χ2v) is 7.66. The van der Waals surface area contributed by atoms with Gasteiger partial charge in [-0.2, -0.15) is 0 Å². The van der Waals surface area contributed by atoms with Gasteiger partial charge in [-0.15, -0.1) is 0 Å². The lowest BCUT2D eigenvalue weighted by Gasteiger charge is -2.32. The fourth-order valence-electron chi connectivity index (χ4n) is 3.43. The number of nitrogens with one attached hydrogen (secondary N) is 1. The van der Waals surface area contributed by atoms with Crippen LogP contribution < -0.4 is 5.32 Å². The van der Waals surface area contributed by atoms with Crippen LogP contribution >= 0.6 is 11.8 Å². The minimum Gasteiger partial charge on any atom is -0.324 e. The van der Waals surface area contributed by atoms with Crippen LogP contribution in [-0.4, -0.2) is 40.1 Å². The first-order valence-corrected chi connectivity index (χ1v) is 10.5. The Hall–Kier alpha value is -1.99. The molecule has 1 N–H and O–H groups in total. The molecule has 1 atom stereocenters. The van der Waals surface area contributed by atoms with Crippen LogP contribution in [0.5, 0.6) is 0 Å². The predicted octanol–water partition coefficient (Wildman–Crippen LogP) is 3.97. The maximum absolute atomic E-state index is 13.6. The van der Waals surface area contributed by atoms with E-state index in [1.165, 1.54) is 17.8 Å². The summed E-state index contributed by atoms with van der Waals surface area (Å²) < 4.78 is 13.6. The van der Waals surface area contributed by atoms with Crippen LogP contribution in [0.3, 0.4) is 0 Å². The van der Waals surface area contributed by atoms with Crippen molar-refractivity contribution in [1.82, 2.24) is 14.9 Å². The molecule has 5 nitrogen and oxygen atoms in total. The fourth-order valence-corrected chi connectivity index (χ4v) is 3.75.